The molecule has 2 fully saturated rings. The van der Waals surface area contributed by atoms with E-state index in [9.17, 15) is 0 Å². The predicted octanol–water partition coefficient (Wildman–Crippen LogP) is 2.56. The fourth-order valence-corrected chi connectivity index (χ4v) is 3.59. The Kier molecular flexibility index (Phi) is 3.97. The van der Waals surface area contributed by atoms with Crippen molar-refractivity contribution in [3.63, 3.8) is 0 Å². The summed E-state index contributed by atoms with van der Waals surface area (Å²) >= 11 is 1.85. The van der Waals surface area contributed by atoms with E-state index in [1.54, 1.807) is 0 Å². The largest absolute Gasteiger partial charge is 0.312 e. The first-order valence-corrected chi connectivity index (χ1v) is 8.01. The number of likely N-dealkylation sites (tertiary alicyclic amines) is 1. The summed E-state index contributed by atoms with van der Waals surface area (Å²) < 4.78 is 0. The van der Waals surface area contributed by atoms with Gasteiger partial charge in [-0.1, -0.05) is 6.42 Å². The van der Waals surface area contributed by atoms with E-state index in [0.717, 1.165) is 18.6 Å². The normalized spacial score (nSPS) is 25.5. The molecule has 4 heteroatoms. The first-order valence-electron chi connectivity index (χ1n) is 7.20. The monoisotopic (exact) mass is 265 g/mol. The lowest BCUT2D eigenvalue weighted by atomic mass is 10.0. The fraction of sp³-hybridized carbons (Fsp3) is 0.786. The van der Waals surface area contributed by atoms with Crippen molar-refractivity contribution in [3.05, 3.63) is 16.1 Å². The third kappa shape index (κ3) is 3.31. The first kappa shape index (κ1) is 12.6. The van der Waals surface area contributed by atoms with E-state index in [0.29, 0.717) is 0 Å². The van der Waals surface area contributed by atoms with E-state index < -0.39 is 0 Å². The first-order chi connectivity index (χ1) is 8.81. The van der Waals surface area contributed by atoms with Crippen molar-refractivity contribution in [2.24, 2.45) is 0 Å². The van der Waals surface area contributed by atoms with E-state index >= 15 is 0 Å². The summed E-state index contributed by atoms with van der Waals surface area (Å²) in [5.41, 5.74) is 0. The lowest BCUT2D eigenvalue weighted by Gasteiger charge is -2.35. The zero-order chi connectivity index (χ0) is 12.4. The summed E-state index contributed by atoms with van der Waals surface area (Å²) in [4.78, 5) is 8.45. The van der Waals surface area contributed by atoms with Crippen molar-refractivity contribution >= 4 is 11.3 Å². The van der Waals surface area contributed by atoms with Gasteiger partial charge in [-0.25, -0.2) is 4.98 Å². The van der Waals surface area contributed by atoms with Gasteiger partial charge in [0.05, 0.1) is 5.01 Å². The molecule has 1 saturated heterocycles. The maximum Gasteiger partial charge on any atom is 0.0897 e. The minimum atomic E-state index is 0.738. The van der Waals surface area contributed by atoms with Crippen LogP contribution in [0, 0.1) is 6.92 Å². The maximum atomic E-state index is 4.37. The molecule has 1 aliphatic carbocycles. The van der Waals surface area contributed by atoms with Crippen LogP contribution in [0.15, 0.2) is 6.20 Å². The van der Waals surface area contributed by atoms with Gasteiger partial charge in [-0.15, -0.1) is 11.3 Å². The quantitative estimate of drug-likeness (QED) is 0.887. The molecule has 0 amide bonds. The number of nitrogens with zero attached hydrogens (tertiary/aromatic N) is 2. The lowest BCUT2D eigenvalue weighted by Crippen LogP contribution is -2.45. The van der Waals surface area contributed by atoms with Crippen LogP contribution in [0.1, 0.15) is 42.0 Å². The maximum absolute atomic E-state index is 4.37. The molecule has 1 aromatic rings. The molecular weight excluding hydrogens is 242 g/mol. The molecule has 0 radical (unpaired) electrons. The number of hydrogen-bond donors (Lipinski definition) is 1. The highest BCUT2D eigenvalue weighted by Gasteiger charge is 2.26. The Hall–Kier alpha value is -0.450. The Bertz CT molecular complexity index is 386. The van der Waals surface area contributed by atoms with Crippen molar-refractivity contribution in [1.82, 2.24) is 15.2 Å². The number of nitrogens with one attached hydrogen (secondary N) is 1. The van der Waals surface area contributed by atoms with Gasteiger partial charge in [0, 0.05) is 36.2 Å². The molecule has 100 valence electrons. The van der Waals surface area contributed by atoms with Gasteiger partial charge in [0.15, 0.2) is 0 Å². The van der Waals surface area contributed by atoms with Crippen LogP contribution < -0.4 is 5.32 Å². The molecule has 3 rings (SSSR count). The van der Waals surface area contributed by atoms with Gasteiger partial charge in [-0.2, -0.15) is 0 Å². The highest BCUT2D eigenvalue weighted by Crippen LogP contribution is 2.23. The van der Waals surface area contributed by atoms with E-state index in [-0.39, 0.29) is 0 Å². The number of hydrogen-bond acceptors (Lipinski definition) is 4. The second-order valence-corrected chi connectivity index (χ2v) is 6.97. The number of piperidine rings is 1. The molecule has 3 nitrogen and oxygen atoms in total. The van der Waals surface area contributed by atoms with Gasteiger partial charge >= 0.3 is 0 Å². The smallest absolute Gasteiger partial charge is 0.0897 e. The van der Waals surface area contributed by atoms with Gasteiger partial charge in [-0.05, 0) is 39.2 Å². The predicted molar refractivity (Wildman–Crippen MR) is 75.9 cm³/mol. The van der Waals surface area contributed by atoms with E-state index in [1.165, 1.54) is 55.1 Å². The number of aryl methyl sites for hydroxylation is 1. The molecular formula is C14H23N3S. The zero-order valence-corrected chi connectivity index (χ0v) is 12.0. The van der Waals surface area contributed by atoms with Gasteiger partial charge in [0.25, 0.3) is 0 Å². The molecule has 0 bridgehead atoms. The Morgan fingerprint density at radius 1 is 1.39 bits per heavy atom. The highest BCUT2D eigenvalue weighted by atomic mass is 32.1. The van der Waals surface area contributed by atoms with Gasteiger partial charge in [0.1, 0.15) is 0 Å². The summed E-state index contributed by atoms with van der Waals surface area (Å²) in [6.45, 7) is 5.63. The van der Waals surface area contributed by atoms with Gasteiger partial charge in [-0.3, -0.25) is 4.90 Å². The van der Waals surface area contributed by atoms with Gasteiger partial charge in [0.2, 0.25) is 0 Å². The minimum Gasteiger partial charge on any atom is -0.312 e. The van der Waals surface area contributed by atoms with Crippen LogP contribution >= 0.6 is 11.3 Å². The van der Waals surface area contributed by atoms with E-state index in [4.69, 9.17) is 0 Å². The number of aromatic nitrogens is 1. The van der Waals surface area contributed by atoms with Gasteiger partial charge < -0.3 is 5.32 Å². The summed E-state index contributed by atoms with van der Waals surface area (Å²) in [6, 6.07) is 1.57. The zero-order valence-electron chi connectivity index (χ0n) is 11.2. The number of thiazole rings is 1. The molecule has 1 unspecified atom stereocenters. The standard InChI is InChI=1S/C14H23N3S/c1-11-15-9-14(18-11)10-17-7-3-2-4-13(17)8-16-12-5-6-12/h9,12-13,16H,2-8,10H2,1H3. The van der Waals surface area contributed by atoms with Crippen molar-refractivity contribution < 1.29 is 0 Å². The third-order valence-electron chi connectivity index (χ3n) is 4.00. The molecule has 1 N–H and O–H groups in total. The highest BCUT2D eigenvalue weighted by molar-refractivity contribution is 7.11. The molecule has 2 aliphatic rings. The van der Waals surface area contributed by atoms with Crippen LogP contribution in [0.25, 0.3) is 0 Å². The van der Waals surface area contributed by atoms with Crippen LogP contribution in [0.2, 0.25) is 0 Å². The lowest BCUT2D eigenvalue weighted by molar-refractivity contribution is 0.138. The Morgan fingerprint density at radius 2 is 2.28 bits per heavy atom. The third-order valence-corrected chi connectivity index (χ3v) is 4.89. The van der Waals surface area contributed by atoms with Crippen molar-refractivity contribution in [2.45, 2.75) is 57.7 Å². The molecule has 18 heavy (non-hydrogen) atoms. The molecule has 1 aliphatic heterocycles. The molecule has 1 atom stereocenters. The summed E-state index contributed by atoms with van der Waals surface area (Å²) in [5.74, 6) is 0. The second kappa shape index (κ2) is 5.68. The van der Waals surface area contributed by atoms with Crippen LogP contribution in [0.5, 0.6) is 0 Å². The Morgan fingerprint density at radius 3 is 3.00 bits per heavy atom. The van der Waals surface area contributed by atoms with Crippen molar-refractivity contribution in [2.75, 3.05) is 13.1 Å². The van der Waals surface area contributed by atoms with Crippen LogP contribution in [-0.4, -0.2) is 35.1 Å². The Labute approximate surface area is 114 Å². The minimum absolute atomic E-state index is 0.738. The molecule has 1 aromatic heterocycles. The Balaban J connectivity index is 1.56. The van der Waals surface area contributed by atoms with Crippen LogP contribution in [0.3, 0.4) is 0 Å². The molecule has 1 saturated carbocycles. The molecule has 0 aromatic carbocycles. The molecule has 0 spiro atoms. The average molecular weight is 265 g/mol. The SMILES string of the molecule is Cc1ncc(CN2CCCCC2CNC2CC2)s1. The average Bonchev–Trinajstić information content (AvgIpc) is 3.12. The summed E-state index contributed by atoms with van der Waals surface area (Å²) in [6.07, 6.45) is 8.95. The fourth-order valence-electron chi connectivity index (χ4n) is 2.77. The van der Waals surface area contributed by atoms with Crippen molar-refractivity contribution in [3.8, 4) is 0 Å². The summed E-state index contributed by atoms with van der Waals surface area (Å²) in [7, 11) is 0. The van der Waals surface area contributed by atoms with Crippen molar-refractivity contribution in [1.29, 1.82) is 0 Å². The summed E-state index contributed by atoms with van der Waals surface area (Å²) in [5, 5.41) is 4.88. The topological polar surface area (TPSA) is 28.2 Å². The van der Waals surface area contributed by atoms with Crippen LogP contribution in [-0.2, 0) is 6.54 Å². The molecule has 2 heterocycles. The van der Waals surface area contributed by atoms with E-state index in [2.05, 4.69) is 28.3 Å². The van der Waals surface area contributed by atoms with Crippen LogP contribution in [0.4, 0.5) is 0 Å². The van der Waals surface area contributed by atoms with E-state index in [1.807, 2.05) is 11.3 Å². The number of rotatable bonds is 5. The second-order valence-electron chi connectivity index (χ2n) is 5.65.